The van der Waals surface area contributed by atoms with Gasteiger partial charge in [0.15, 0.2) is 0 Å². The molecule has 1 saturated heterocycles. The zero-order chi connectivity index (χ0) is 20.4. The molecule has 0 aliphatic carbocycles. The Morgan fingerprint density at radius 2 is 2.03 bits per heavy atom. The molecule has 0 saturated carbocycles. The molecule has 6 nitrogen and oxygen atoms in total. The SMILES string of the molecule is CC(C(=O)N(C)Cc1cccc(F)c1)N1CCN(c2ncnc3sccc23)CC1. The van der Waals surface area contributed by atoms with Crippen LogP contribution in [0, 0.1) is 5.82 Å². The monoisotopic (exact) mass is 413 g/mol. The summed E-state index contributed by atoms with van der Waals surface area (Å²) in [7, 11) is 1.77. The lowest BCUT2D eigenvalue weighted by atomic mass is 10.1. The molecule has 0 N–H and O–H groups in total. The molecule has 1 unspecified atom stereocenters. The number of likely N-dealkylation sites (N-methyl/N-ethyl adjacent to an activating group) is 1. The highest BCUT2D eigenvalue weighted by Crippen LogP contribution is 2.27. The topological polar surface area (TPSA) is 52.6 Å². The van der Waals surface area contributed by atoms with Crippen molar-refractivity contribution >= 4 is 33.3 Å². The van der Waals surface area contributed by atoms with Crippen molar-refractivity contribution in [1.82, 2.24) is 19.8 Å². The smallest absolute Gasteiger partial charge is 0.239 e. The number of rotatable bonds is 5. The van der Waals surface area contributed by atoms with Gasteiger partial charge in [0, 0.05) is 39.8 Å². The molecule has 0 radical (unpaired) electrons. The van der Waals surface area contributed by atoms with Crippen molar-refractivity contribution in [3.05, 3.63) is 53.4 Å². The van der Waals surface area contributed by atoms with E-state index in [-0.39, 0.29) is 17.8 Å². The minimum atomic E-state index is -0.281. The third-order valence-corrected chi connectivity index (χ3v) is 6.27. The van der Waals surface area contributed by atoms with E-state index in [1.54, 1.807) is 35.7 Å². The van der Waals surface area contributed by atoms with Crippen molar-refractivity contribution in [3.63, 3.8) is 0 Å². The second kappa shape index (κ2) is 8.42. The van der Waals surface area contributed by atoms with Crippen molar-refractivity contribution in [3.8, 4) is 0 Å². The lowest BCUT2D eigenvalue weighted by Crippen LogP contribution is -2.54. The van der Waals surface area contributed by atoms with E-state index in [2.05, 4.69) is 25.8 Å². The first-order chi connectivity index (χ1) is 14.0. The maximum atomic E-state index is 13.4. The van der Waals surface area contributed by atoms with Crippen LogP contribution in [0.4, 0.5) is 10.2 Å². The molecule has 1 aliphatic heterocycles. The van der Waals surface area contributed by atoms with Crippen molar-refractivity contribution in [2.45, 2.75) is 19.5 Å². The van der Waals surface area contributed by atoms with Gasteiger partial charge < -0.3 is 9.80 Å². The first kappa shape index (κ1) is 19.7. The third kappa shape index (κ3) is 4.23. The van der Waals surface area contributed by atoms with Gasteiger partial charge >= 0.3 is 0 Å². The molecule has 0 spiro atoms. The molecular weight excluding hydrogens is 389 g/mol. The number of hydrogen-bond acceptors (Lipinski definition) is 6. The van der Waals surface area contributed by atoms with E-state index in [0.717, 1.165) is 47.8 Å². The van der Waals surface area contributed by atoms with E-state index in [1.807, 2.05) is 18.4 Å². The van der Waals surface area contributed by atoms with E-state index < -0.39 is 0 Å². The molecule has 29 heavy (non-hydrogen) atoms. The number of aromatic nitrogens is 2. The van der Waals surface area contributed by atoms with Crippen molar-refractivity contribution < 1.29 is 9.18 Å². The molecule has 1 fully saturated rings. The van der Waals surface area contributed by atoms with Crippen molar-refractivity contribution in [2.24, 2.45) is 0 Å². The molecule has 1 atom stereocenters. The molecule has 1 aromatic carbocycles. The predicted octanol–water partition coefficient (Wildman–Crippen LogP) is 3.00. The molecular formula is C21H24FN5OS. The maximum Gasteiger partial charge on any atom is 0.239 e. The molecule has 0 bridgehead atoms. The Hall–Kier alpha value is -2.58. The highest BCUT2D eigenvalue weighted by Gasteiger charge is 2.28. The zero-order valence-corrected chi connectivity index (χ0v) is 17.4. The zero-order valence-electron chi connectivity index (χ0n) is 16.6. The van der Waals surface area contributed by atoms with Crippen LogP contribution in [0.5, 0.6) is 0 Å². The summed E-state index contributed by atoms with van der Waals surface area (Å²) < 4.78 is 13.4. The summed E-state index contributed by atoms with van der Waals surface area (Å²) in [4.78, 5) is 28.8. The number of halogens is 1. The molecule has 3 heterocycles. The Kier molecular flexibility index (Phi) is 5.73. The van der Waals surface area contributed by atoms with Crippen molar-refractivity contribution in [1.29, 1.82) is 0 Å². The summed E-state index contributed by atoms with van der Waals surface area (Å²) in [5.74, 6) is 0.736. The van der Waals surface area contributed by atoms with Gasteiger partial charge in [-0.3, -0.25) is 9.69 Å². The van der Waals surface area contributed by atoms with E-state index in [1.165, 1.54) is 12.1 Å². The first-order valence-corrected chi connectivity index (χ1v) is 10.6. The fraction of sp³-hybridized carbons (Fsp3) is 0.381. The highest BCUT2D eigenvalue weighted by atomic mass is 32.1. The molecule has 1 amide bonds. The predicted molar refractivity (Wildman–Crippen MR) is 114 cm³/mol. The fourth-order valence-electron chi connectivity index (χ4n) is 3.81. The van der Waals surface area contributed by atoms with Gasteiger partial charge in [0.25, 0.3) is 0 Å². The molecule has 1 aliphatic rings. The van der Waals surface area contributed by atoms with Gasteiger partial charge in [-0.15, -0.1) is 11.3 Å². The van der Waals surface area contributed by atoms with E-state index in [4.69, 9.17) is 0 Å². The Bertz CT molecular complexity index is 1000. The Labute approximate surface area is 173 Å². The van der Waals surface area contributed by atoms with Crippen LogP contribution in [-0.2, 0) is 11.3 Å². The second-order valence-corrected chi connectivity index (χ2v) is 8.25. The minimum Gasteiger partial charge on any atom is -0.353 e. The summed E-state index contributed by atoms with van der Waals surface area (Å²) in [6.45, 7) is 5.55. The van der Waals surface area contributed by atoms with E-state index >= 15 is 0 Å². The van der Waals surface area contributed by atoms with Crippen LogP contribution in [0.25, 0.3) is 10.2 Å². The van der Waals surface area contributed by atoms with Crippen LogP contribution in [0.3, 0.4) is 0 Å². The summed E-state index contributed by atoms with van der Waals surface area (Å²) in [6.07, 6.45) is 1.62. The molecule has 4 rings (SSSR count). The number of thiophene rings is 1. The number of carbonyl (C=O) groups excluding carboxylic acids is 1. The van der Waals surface area contributed by atoms with Crippen LogP contribution in [0.15, 0.2) is 42.0 Å². The number of amides is 1. The Morgan fingerprint density at radius 3 is 2.79 bits per heavy atom. The van der Waals surface area contributed by atoms with Gasteiger partial charge in [-0.05, 0) is 36.1 Å². The van der Waals surface area contributed by atoms with Crippen LogP contribution < -0.4 is 4.90 Å². The largest absolute Gasteiger partial charge is 0.353 e. The number of fused-ring (bicyclic) bond motifs is 1. The standard InChI is InChI=1S/C21H24FN5OS/c1-15(21(28)25(2)13-16-4-3-5-17(22)12-16)26-7-9-27(10-8-26)19-18-6-11-29-20(18)24-14-23-19/h3-6,11-12,14-15H,7-10,13H2,1-2H3. The summed E-state index contributed by atoms with van der Waals surface area (Å²) in [5, 5.41) is 3.12. The Balaban J connectivity index is 1.36. The second-order valence-electron chi connectivity index (χ2n) is 7.36. The third-order valence-electron chi connectivity index (χ3n) is 5.44. The number of carbonyl (C=O) groups is 1. The van der Waals surface area contributed by atoms with Gasteiger partial charge in [-0.25, -0.2) is 14.4 Å². The summed E-state index contributed by atoms with van der Waals surface area (Å²) in [5.41, 5.74) is 0.793. The molecule has 2 aromatic heterocycles. The number of nitrogens with zero attached hydrogens (tertiary/aromatic N) is 5. The van der Waals surface area contributed by atoms with Crippen LogP contribution in [-0.4, -0.2) is 64.9 Å². The minimum absolute atomic E-state index is 0.0463. The molecule has 8 heteroatoms. The summed E-state index contributed by atoms with van der Waals surface area (Å²) >= 11 is 1.62. The van der Waals surface area contributed by atoms with E-state index in [9.17, 15) is 9.18 Å². The van der Waals surface area contributed by atoms with E-state index in [0.29, 0.717) is 6.54 Å². The first-order valence-electron chi connectivity index (χ1n) is 9.69. The van der Waals surface area contributed by atoms with Crippen LogP contribution in [0.2, 0.25) is 0 Å². The quantitative estimate of drug-likeness (QED) is 0.644. The lowest BCUT2D eigenvalue weighted by Gasteiger charge is -2.39. The van der Waals surface area contributed by atoms with Crippen molar-refractivity contribution in [2.75, 3.05) is 38.1 Å². The fourth-order valence-corrected chi connectivity index (χ4v) is 4.54. The molecule has 152 valence electrons. The lowest BCUT2D eigenvalue weighted by molar-refractivity contribution is -0.135. The van der Waals surface area contributed by atoms with Gasteiger partial charge in [0.1, 0.15) is 22.8 Å². The highest BCUT2D eigenvalue weighted by molar-refractivity contribution is 7.16. The van der Waals surface area contributed by atoms with Gasteiger partial charge in [-0.2, -0.15) is 0 Å². The van der Waals surface area contributed by atoms with Gasteiger partial charge in [0.2, 0.25) is 5.91 Å². The van der Waals surface area contributed by atoms with Gasteiger partial charge in [-0.1, -0.05) is 12.1 Å². The maximum absolute atomic E-state index is 13.4. The van der Waals surface area contributed by atoms with Crippen LogP contribution >= 0.6 is 11.3 Å². The van der Waals surface area contributed by atoms with Crippen LogP contribution in [0.1, 0.15) is 12.5 Å². The number of benzene rings is 1. The normalized spacial score (nSPS) is 16.2. The number of piperazine rings is 1. The molecule has 3 aromatic rings. The number of hydrogen-bond donors (Lipinski definition) is 0. The number of anilines is 1. The average molecular weight is 414 g/mol. The average Bonchev–Trinajstić information content (AvgIpc) is 3.22. The van der Waals surface area contributed by atoms with Gasteiger partial charge in [0.05, 0.1) is 11.4 Å². The summed E-state index contributed by atoms with van der Waals surface area (Å²) in [6, 6.07) is 8.23. The Morgan fingerprint density at radius 1 is 1.24 bits per heavy atom.